The number of halogens is 2. The molecule has 0 bridgehead atoms. The van der Waals surface area contributed by atoms with Crippen molar-refractivity contribution < 1.29 is 43.5 Å². The number of carbonyl (C=O) groups is 3. The highest BCUT2D eigenvalue weighted by Gasteiger charge is 2.35. The largest absolute Gasteiger partial charge is 0.486 e. The van der Waals surface area contributed by atoms with E-state index in [1.54, 1.807) is 25.1 Å². The number of hydrogen-bond donors (Lipinski definition) is 4. The van der Waals surface area contributed by atoms with E-state index in [9.17, 15) is 24.6 Å². The Hall–Kier alpha value is -4.63. The number of hydrogen-bond acceptors (Lipinski definition) is 11. The standard InChI is InChI=1S/C26H33ClN2O5.C15H21NO2.C11H12ClNO2.3C2H6/c1-16-11-20(13-19(16)12-17(2)27)25(31)26(32)28-21(15-29-7-3-4-8-29)24(30)18-5-6-22-23(14-18)34-10-9-33-22;1-2-8-16(7-1)9-3-4-13-5-6-14-15(12-13)18-11-10-17-14;12-9-2-1-6-3-8(4-7(6)5-9)10(14)11(13)15;3*1-2/h5-6,12,14,20-21,24,30H,3-4,7-11,13,15H2,1-2H3,(H,28,32);5-6,12H,1-4,7-11H2;1-2,5,8,10,14H,3-4H2,(H2,13,15);3*1-2H3/b17-12+;;;;;/t20?,21-,24-;;;;;/m1...../s1. The van der Waals surface area contributed by atoms with Crippen LogP contribution >= 0.6 is 23.2 Å². The molecule has 0 saturated carbocycles. The van der Waals surface area contributed by atoms with Crippen molar-refractivity contribution in [1.82, 2.24) is 15.1 Å². The van der Waals surface area contributed by atoms with Gasteiger partial charge in [0.05, 0.1) is 6.04 Å². The Bertz CT molecular complexity index is 2270. The van der Waals surface area contributed by atoms with Gasteiger partial charge in [-0.2, -0.15) is 0 Å². The van der Waals surface area contributed by atoms with Crippen molar-refractivity contribution in [3.05, 3.63) is 104 Å². The monoisotopic (exact) mass is 1050 g/mol. The number of nitrogens with two attached hydrogens (primary N) is 1. The van der Waals surface area contributed by atoms with Gasteiger partial charge in [0.2, 0.25) is 11.7 Å². The van der Waals surface area contributed by atoms with E-state index in [0.29, 0.717) is 85.8 Å². The number of benzene rings is 3. The number of nitrogens with one attached hydrogen (secondary N) is 1. The second kappa shape index (κ2) is 32.0. The van der Waals surface area contributed by atoms with Gasteiger partial charge in [-0.25, -0.2) is 0 Å². The van der Waals surface area contributed by atoms with Crippen molar-refractivity contribution in [1.29, 1.82) is 0 Å². The van der Waals surface area contributed by atoms with Gasteiger partial charge in [-0.15, -0.1) is 0 Å². The fourth-order valence-corrected chi connectivity index (χ4v) is 10.1. The van der Waals surface area contributed by atoms with Crippen LogP contribution in [0, 0.1) is 11.8 Å². The Labute approximate surface area is 445 Å². The van der Waals surface area contributed by atoms with Gasteiger partial charge < -0.3 is 50.0 Å². The average molecular weight is 1050 g/mol. The molecule has 3 unspecified atom stereocenters. The number of primary amides is 1. The van der Waals surface area contributed by atoms with E-state index in [0.717, 1.165) is 66.1 Å². The van der Waals surface area contributed by atoms with Crippen LogP contribution in [-0.2, 0) is 33.6 Å². The van der Waals surface area contributed by atoms with E-state index in [1.807, 2.05) is 78.8 Å². The molecule has 4 heterocycles. The molecule has 73 heavy (non-hydrogen) atoms. The van der Waals surface area contributed by atoms with E-state index < -0.39 is 41.8 Å². The molecule has 3 aromatic carbocycles. The van der Waals surface area contributed by atoms with Crippen molar-refractivity contribution in [2.45, 2.75) is 138 Å². The molecule has 0 spiro atoms. The van der Waals surface area contributed by atoms with E-state index in [2.05, 4.69) is 27.2 Å². The summed E-state index contributed by atoms with van der Waals surface area (Å²) in [4.78, 5) is 41.7. The summed E-state index contributed by atoms with van der Waals surface area (Å²) in [7, 11) is 0. The van der Waals surface area contributed by atoms with Gasteiger partial charge in [-0.3, -0.25) is 14.4 Å². The molecular formula is C58H84Cl2N4O9. The summed E-state index contributed by atoms with van der Waals surface area (Å²) in [5, 5.41) is 25.0. The van der Waals surface area contributed by atoms with Crippen LogP contribution in [0.3, 0.4) is 0 Å². The molecule has 13 nitrogen and oxygen atoms in total. The maximum Gasteiger partial charge on any atom is 0.288 e. The molecule has 2 fully saturated rings. The summed E-state index contributed by atoms with van der Waals surface area (Å²) < 4.78 is 22.4. The van der Waals surface area contributed by atoms with E-state index in [4.69, 9.17) is 47.9 Å². The predicted octanol–water partition coefficient (Wildman–Crippen LogP) is 9.98. The van der Waals surface area contributed by atoms with Gasteiger partial charge in [0.1, 0.15) is 38.6 Å². The molecule has 404 valence electrons. The van der Waals surface area contributed by atoms with Crippen molar-refractivity contribution >= 4 is 40.8 Å². The van der Waals surface area contributed by atoms with Crippen molar-refractivity contribution in [2.24, 2.45) is 17.6 Å². The van der Waals surface area contributed by atoms with Gasteiger partial charge in [0.15, 0.2) is 23.0 Å². The number of ketones is 1. The van der Waals surface area contributed by atoms with Crippen molar-refractivity contribution in [3.63, 3.8) is 0 Å². The zero-order chi connectivity index (χ0) is 53.5. The summed E-state index contributed by atoms with van der Waals surface area (Å²) in [6.07, 6.45) is 9.52. The molecule has 6 aliphatic rings. The Morgan fingerprint density at radius 2 is 1.30 bits per heavy atom. The first-order valence-electron chi connectivity index (χ1n) is 26.8. The molecule has 5 N–H and O–H groups in total. The third-order valence-electron chi connectivity index (χ3n) is 13.4. The molecule has 0 aromatic heterocycles. The minimum atomic E-state index is -1.06. The Balaban J connectivity index is 0.000000248. The minimum absolute atomic E-state index is 0.101. The number of likely N-dealkylation sites (tertiary alicyclic amines) is 2. The SMILES string of the molecule is CC.CC.CC.CC1=C(/C=C(\C)Cl)CC(C(=O)C(=O)N[C@H](CN2CCCC2)[C@H](O)c2ccc3c(c2)OCCO3)C1.NC(=O)C(O)C1Cc2ccc(Cl)cc2C1.c1cc2c(cc1CCCN1CCCC1)OCCO2. The lowest BCUT2D eigenvalue weighted by atomic mass is 9.97. The number of amides is 2. The van der Waals surface area contributed by atoms with Gasteiger partial charge in [0.25, 0.3) is 5.91 Å². The van der Waals surface area contributed by atoms with Crippen LogP contribution in [-0.4, -0.2) is 115 Å². The number of aliphatic hydroxyl groups excluding tert-OH is 2. The Morgan fingerprint density at radius 3 is 1.90 bits per heavy atom. The van der Waals surface area contributed by atoms with Gasteiger partial charge in [0, 0.05) is 28.4 Å². The Morgan fingerprint density at radius 1 is 0.740 bits per heavy atom. The minimum Gasteiger partial charge on any atom is -0.486 e. The number of allylic oxidation sites excluding steroid dienone is 4. The molecule has 2 saturated heterocycles. The first-order valence-corrected chi connectivity index (χ1v) is 27.6. The number of fused-ring (bicyclic) bond motifs is 3. The summed E-state index contributed by atoms with van der Waals surface area (Å²) in [5.41, 5.74) is 11.4. The van der Waals surface area contributed by atoms with Crippen molar-refractivity contribution in [2.75, 3.05) is 65.7 Å². The number of Topliss-reactive ketones (excluding diaryl/α,β-unsaturated/α-hetero) is 1. The lowest BCUT2D eigenvalue weighted by Gasteiger charge is -2.29. The molecule has 9 rings (SSSR count). The highest BCUT2D eigenvalue weighted by atomic mass is 35.5. The highest BCUT2D eigenvalue weighted by molar-refractivity contribution is 6.37. The van der Waals surface area contributed by atoms with Gasteiger partial charge in [-0.1, -0.05) is 88.5 Å². The first-order chi connectivity index (χ1) is 35.3. The van der Waals surface area contributed by atoms with Crippen LogP contribution in [0.1, 0.15) is 129 Å². The third-order valence-corrected chi connectivity index (χ3v) is 13.8. The third kappa shape index (κ3) is 18.6. The summed E-state index contributed by atoms with van der Waals surface area (Å²) in [6.45, 7) is 24.1. The van der Waals surface area contributed by atoms with Gasteiger partial charge in [-0.05, 0) is 181 Å². The molecular weight excluding hydrogens is 968 g/mol. The smallest absolute Gasteiger partial charge is 0.288 e. The fourth-order valence-electron chi connectivity index (χ4n) is 9.82. The van der Waals surface area contributed by atoms with Crippen LogP contribution in [0.25, 0.3) is 0 Å². The zero-order valence-electron chi connectivity index (χ0n) is 44.8. The van der Waals surface area contributed by atoms with Crippen LogP contribution in [0.5, 0.6) is 23.0 Å². The topological polar surface area (TPSA) is 173 Å². The quantitative estimate of drug-likeness (QED) is 0.113. The lowest BCUT2D eigenvalue weighted by molar-refractivity contribution is -0.141. The molecule has 4 aliphatic heterocycles. The van der Waals surface area contributed by atoms with Crippen LogP contribution in [0.2, 0.25) is 5.02 Å². The van der Waals surface area contributed by atoms with Crippen molar-refractivity contribution in [3.8, 4) is 23.0 Å². The maximum atomic E-state index is 13.0. The van der Waals surface area contributed by atoms with E-state index in [-0.39, 0.29) is 5.92 Å². The second-order valence-corrected chi connectivity index (χ2v) is 19.5. The molecule has 15 heteroatoms. The molecule has 2 aliphatic carbocycles. The number of ether oxygens (including phenoxy) is 4. The summed E-state index contributed by atoms with van der Waals surface area (Å²) in [5.74, 6) is 0.772. The summed E-state index contributed by atoms with van der Waals surface area (Å²) >= 11 is 11.9. The number of nitrogens with zero attached hydrogens (tertiary/aromatic N) is 2. The van der Waals surface area contributed by atoms with Crippen LogP contribution in [0.15, 0.2) is 76.9 Å². The first kappa shape index (κ1) is 60.9. The highest BCUT2D eigenvalue weighted by Crippen LogP contribution is 2.36. The average Bonchev–Trinajstić information content (AvgIpc) is 4.27. The zero-order valence-corrected chi connectivity index (χ0v) is 46.3. The van der Waals surface area contributed by atoms with Gasteiger partial charge >= 0.3 is 0 Å². The van der Waals surface area contributed by atoms with E-state index in [1.165, 1.54) is 44.5 Å². The molecule has 5 atom stereocenters. The summed E-state index contributed by atoms with van der Waals surface area (Å²) in [6, 6.07) is 16.7. The molecule has 3 aromatic rings. The fraction of sp³-hybridized carbons (Fsp3) is 0.569. The van der Waals surface area contributed by atoms with Crippen LogP contribution in [0.4, 0.5) is 0 Å². The Kier molecular flexibility index (Phi) is 26.7. The number of aryl methyl sites for hydroxylation is 1. The number of aliphatic hydroxyl groups is 2. The molecule has 2 amide bonds. The predicted molar refractivity (Wildman–Crippen MR) is 293 cm³/mol. The number of rotatable bonds is 14. The van der Waals surface area contributed by atoms with Crippen LogP contribution < -0.4 is 30.0 Å². The molecule has 0 radical (unpaired) electrons. The maximum absolute atomic E-state index is 13.0. The normalized spacial score (nSPS) is 19.8. The number of carbonyl (C=O) groups excluding carboxylic acids is 3. The lowest BCUT2D eigenvalue weighted by Crippen LogP contribution is -2.49. The second-order valence-electron chi connectivity index (χ2n) is 18.5. The van der Waals surface area contributed by atoms with E-state index >= 15 is 0 Å².